The van der Waals surface area contributed by atoms with Gasteiger partial charge in [-0.1, -0.05) is 36.6 Å². The number of carbonyl (C=O) groups excluding carboxylic acids is 1. The third-order valence-corrected chi connectivity index (χ3v) is 5.06. The Morgan fingerprint density at radius 3 is 2.54 bits per heavy atom. The van der Waals surface area contributed by atoms with E-state index in [1.54, 1.807) is 17.0 Å². The van der Waals surface area contributed by atoms with Crippen molar-refractivity contribution in [2.75, 3.05) is 19.7 Å². The Morgan fingerprint density at radius 2 is 1.92 bits per heavy atom. The van der Waals surface area contributed by atoms with Gasteiger partial charge in [-0.2, -0.15) is 0 Å². The quantitative estimate of drug-likeness (QED) is 0.876. The maximum atomic E-state index is 12.6. The van der Waals surface area contributed by atoms with Gasteiger partial charge in [0.25, 0.3) is 0 Å². The summed E-state index contributed by atoms with van der Waals surface area (Å²) < 4.78 is 5.75. The molecule has 1 unspecified atom stereocenters. The molecule has 2 fully saturated rings. The van der Waals surface area contributed by atoms with Crippen LogP contribution in [-0.4, -0.2) is 47.2 Å². The molecule has 2 N–H and O–H groups in total. The van der Waals surface area contributed by atoms with Gasteiger partial charge in [0.05, 0.1) is 13.2 Å². The van der Waals surface area contributed by atoms with E-state index in [0.29, 0.717) is 37.6 Å². The molecule has 1 aromatic carbocycles. The van der Waals surface area contributed by atoms with Crippen molar-refractivity contribution in [3.8, 4) is 0 Å². The van der Waals surface area contributed by atoms with Crippen molar-refractivity contribution >= 4 is 23.6 Å². The summed E-state index contributed by atoms with van der Waals surface area (Å²) in [6.07, 6.45) is 2.38. The fourth-order valence-electron chi connectivity index (χ4n) is 3.37. The Morgan fingerprint density at radius 1 is 1.25 bits per heavy atom. The van der Waals surface area contributed by atoms with Crippen molar-refractivity contribution in [1.29, 1.82) is 0 Å². The monoisotopic (exact) mass is 352 g/mol. The molecule has 1 aliphatic carbocycles. The second kappa shape index (κ2) is 6.99. The van der Waals surface area contributed by atoms with E-state index in [1.807, 2.05) is 12.1 Å². The second-order valence-electron chi connectivity index (χ2n) is 6.38. The minimum absolute atomic E-state index is 0.230. The Kier molecular flexibility index (Phi) is 4.96. The number of urea groups is 1. The van der Waals surface area contributed by atoms with Crippen molar-refractivity contribution < 1.29 is 19.4 Å². The van der Waals surface area contributed by atoms with Crippen molar-refractivity contribution in [3.63, 3.8) is 0 Å². The van der Waals surface area contributed by atoms with Crippen molar-refractivity contribution in [1.82, 2.24) is 10.2 Å². The molecule has 0 spiro atoms. The molecule has 0 aromatic heterocycles. The van der Waals surface area contributed by atoms with Gasteiger partial charge >= 0.3 is 12.0 Å². The van der Waals surface area contributed by atoms with Gasteiger partial charge in [0.15, 0.2) is 0 Å². The minimum atomic E-state index is -1.12. The van der Waals surface area contributed by atoms with Crippen LogP contribution in [-0.2, 0) is 9.53 Å². The number of nitrogens with zero attached hydrogens (tertiary/aromatic N) is 1. The zero-order chi connectivity index (χ0) is 17.2. The van der Waals surface area contributed by atoms with E-state index < -0.39 is 11.5 Å². The van der Waals surface area contributed by atoms with Crippen molar-refractivity contribution in [2.45, 2.75) is 37.3 Å². The molecule has 2 aliphatic rings. The number of halogens is 1. The van der Waals surface area contributed by atoms with Gasteiger partial charge in [-0.3, -0.25) is 0 Å². The lowest BCUT2D eigenvalue weighted by molar-refractivity contribution is -0.144. The fraction of sp³-hybridized carbons (Fsp3) is 0.529. The van der Waals surface area contributed by atoms with E-state index in [0.717, 1.165) is 18.4 Å². The molecular formula is C17H21ClN2O4. The lowest BCUT2D eigenvalue weighted by atomic mass is 9.98. The zero-order valence-corrected chi connectivity index (χ0v) is 14.1. The van der Waals surface area contributed by atoms with E-state index >= 15 is 0 Å². The summed E-state index contributed by atoms with van der Waals surface area (Å²) in [5, 5.41) is 12.9. The lowest BCUT2D eigenvalue weighted by Gasteiger charge is -2.36. The molecule has 7 heteroatoms. The van der Waals surface area contributed by atoms with Gasteiger partial charge < -0.3 is 20.1 Å². The van der Waals surface area contributed by atoms with Crippen LogP contribution in [0.15, 0.2) is 24.3 Å². The van der Waals surface area contributed by atoms with Crippen LogP contribution in [0.25, 0.3) is 0 Å². The van der Waals surface area contributed by atoms with E-state index in [9.17, 15) is 14.7 Å². The van der Waals surface area contributed by atoms with E-state index in [2.05, 4.69) is 5.32 Å². The van der Waals surface area contributed by atoms with Crippen LogP contribution >= 0.6 is 11.6 Å². The molecule has 1 saturated heterocycles. The molecule has 0 radical (unpaired) electrons. The molecule has 130 valence electrons. The van der Waals surface area contributed by atoms with Crippen LogP contribution in [0, 0.1) is 0 Å². The predicted octanol–water partition coefficient (Wildman–Crippen LogP) is 2.82. The first kappa shape index (κ1) is 17.0. The highest BCUT2D eigenvalue weighted by Gasteiger charge is 2.43. The van der Waals surface area contributed by atoms with Crippen LogP contribution in [0.3, 0.4) is 0 Å². The first-order chi connectivity index (χ1) is 11.5. The molecule has 3 rings (SSSR count). The van der Waals surface area contributed by atoms with Crippen LogP contribution in [0.1, 0.15) is 37.4 Å². The Hall–Kier alpha value is -1.79. The number of carboxylic acid groups (broad SMARTS) is 1. The lowest BCUT2D eigenvalue weighted by Crippen LogP contribution is -2.58. The average molecular weight is 353 g/mol. The average Bonchev–Trinajstić information content (AvgIpc) is 3.05. The first-order valence-corrected chi connectivity index (χ1v) is 8.55. The Balaban J connectivity index is 1.66. The van der Waals surface area contributed by atoms with E-state index in [4.69, 9.17) is 16.3 Å². The highest BCUT2D eigenvalue weighted by atomic mass is 35.5. The van der Waals surface area contributed by atoms with Gasteiger partial charge in [0.2, 0.25) is 0 Å². The Bertz CT molecular complexity index is 614. The van der Waals surface area contributed by atoms with Gasteiger partial charge in [0.1, 0.15) is 11.6 Å². The Labute approximate surface area is 145 Å². The van der Waals surface area contributed by atoms with Crippen LogP contribution in [0.4, 0.5) is 4.79 Å². The number of benzene rings is 1. The van der Waals surface area contributed by atoms with Gasteiger partial charge in [-0.05, 0) is 30.5 Å². The number of hydrogen-bond acceptors (Lipinski definition) is 3. The van der Waals surface area contributed by atoms with Gasteiger partial charge in [0, 0.05) is 11.6 Å². The molecular weight excluding hydrogens is 332 g/mol. The maximum Gasteiger partial charge on any atom is 0.329 e. The van der Waals surface area contributed by atoms with Crippen LogP contribution in [0.5, 0.6) is 0 Å². The first-order valence-electron chi connectivity index (χ1n) is 8.18. The largest absolute Gasteiger partial charge is 0.480 e. The summed E-state index contributed by atoms with van der Waals surface area (Å²) in [5.74, 6) is -0.948. The minimum Gasteiger partial charge on any atom is -0.480 e. The number of carbonyl (C=O) groups is 2. The standard InChI is InChI=1S/C17H21ClN2O4/c18-13-5-3-12(4-6-13)14-11-20(9-10-24-14)16(23)19-17(15(21)22)7-1-2-8-17/h3-6,14H,1-2,7-11H2,(H,19,23)(H,21,22). The number of nitrogens with one attached hydrogen (secondary N) is 1. The number of morpholine rings is 1. The van der Waals surface area contributed by atoms with E-state index in [-0.39, 0.29) is 12.1 Å². The maximum absolute atomic E-state index is 12.6. The van der Waals surface area contributed by atoms with Gasteiger partial charge in [-0.15, -0.1) is 0 Å². The summed E-state index contributed by atoms with van der Waals surface area (Å²) in [6, 6.07) is 7.00. The molecule has 1 aliphatic heterocycles. The summed E-state index contributed by atoms with van der Waals surface area (Å²) in [4.78, 5) is 25.8. The second-order valence-corrected chi connectivity index (χ2v) is 6.82. The van der Waals surface area contributed by atoms with Crippen LogP contribution < -0.4 is 5.32 Å². The summed E-state index contributed by atoms with van der Waals surface area (Å²) >= 11 is 5.90. The van der Waals surface area contributed by atoms with Crippen molar-refractivity contribution in [3.05, 3.63) is 34.9 Å². The summed E-state index contributed by atoms with van der Waals surface area (Å²) in [7, 11) is 0. The third kappa shape index (κ3) is 3.49. The topological polar surface area (TPSA) is 78.9 Å². The molecule has 1 saturated carbocycles. The smallest absolute Gasteiger partial charge is 0.329 e. The zero-order valence-electron chi connectivity index (χ0n) is 13.3. The van der Waals surface area contributed by atoms with Crippen LogP contribution in [0.2, 0.25) is 5.02 Å². The number of aliphatic carboxylic acids is 1. The van der Waals surface area contributed by atoms with Gasteiger partial charge in [-0.25, -0.2) is 9.59 Å². The third-order valence-electron chi connectivity index (χ3n) is 4.81. The molecule has 1 atom stereocenters. The van der Waals surface area contributed by atoms with E-state index in [1.165, 1.54) is 0 Å². The number of amides is 2. The number of carboxylic acids is 1. The summed E-state index contributed by atoms with van der Waals surface area (Å²) in [5.41, 5.74) is -0.170. The molecule has 2 amide bonds. The molecule has 0 bridgehead atoms. The molecule has 24 heavy (non-hydrogen) atoms. The normalized spacial score (nSPS) is 23.0. The molecule has 1 heterocycles. The SMILES string of the molecule is O=C(NC1(C(=O)O)CCCC1)N1CCOC(c2ccc(Cl)cc2)C1. The predicted molar refractivity (Wildman–Crippen MR) is 89.1 cm³/mol. The summed E-state index contributed by atoms with van der Waals surface area (Å²) in [6.45, 7) is 1.26. The molecule has 6 nitrogen and oxygen atoms in total. The highest BCUT2D eigenvalue weighted by molar-refractivity contribution is 6.30. The number of ether oxygens (including phenoxy) is 1. The molecule has 1 aromatic rings. The number of hydrogen-bond donors (Lipinski definition) is 2. The highest BCUT2D eigenvalue weighted by Crippen LogP contribution is 2.31. The van der Waals surface area contributed by atoms with Crippen molar-refractivity contribution in [2.24, 2.45) is 0 Å². The number of rotatable bonds is 3. The fourth-order valence-corrected chi connectivity index (χ4v) is 3.49.